The molecule has 1 aliphatic carbocycles. The van der Waals surface area contributed by atoms with Gasteiger partial charge >= 0.3 is 0 Å². The lowest BCUT2D eigenvalue weighted by Gasteiger charge is -2.33. The second-order valence-corrected chi connectivity index (χ2v) is 7.34. The molecule has 2 aromatic rings. The number of carbonyl (C=O) groups excluding carboxylic acids is 1. The van der Waals surface area contributed by atoms with Gasteiger partial charge in [-0.05, 0) is 68.1 Å². The third kappa shape index (κ3) is 3.73. The van der Waals surface area contributed by atoms with Gasteiger partial charge in [0.1, 0.15) is 5.82 Å². The Bertz CT molecular complexity index is 779. The Morgan fingerprint density at radius 2 is 1.77 bits per heavy atom. The van der Waals surface area contributed by atoms with Crippen molar-refractivity contribution in [3.05, 3.63) is 53.2 Å². The molecule has 0 saturated carbocycles. The van der Waals surface area contributed by atoms with Crippen LogP contribution in [0.2, 0.25) is 0 Å². The number of likely N-dealkylation sites (N-methyl/N-ethyl adjacent to an activating group) is 1. The number of aromatic nitrogens is 1. The molecule has 1 N–H and O–H groups in total. The van der Waals surface area contributed by atoms with Crippen LogP contribution in [0.25, 0.3) is 0 Å². The normalized spacial score (nSPS) is 17.7. The van der Waals surface area contributed by atoms with E-state index < -0.39 is 0 Å². The quantitative estimate of drug-likeness (QED) is 0.925. The number of nitrogens with zero attached hydrogens (tertiary/aromatic N) is 3. The first kappa shape index (κ1) is 17.0. The minimum Gasteiger partial charge on any atom is -0.354 e. The van der Waals surface area contributed by atoms with Crippen LogP contribution in [0, 0.1) is 0 Å². The zero-order valence-corrected chi connectivity index (χ0v) is 15.4. The van der Waals surface area contributed by atoms with Crippen molar-refractivity contribution in [1.29, 1.82) is 0 Å². The highest BCUT2D eigenvalue weighted by Gasteiger charge is 2.16. The Kier molecular flexibility index (Phi) is 4.89. The molecule has 1 saturated heterocycles. The van der Waals surface area contributed by atoms with Gasteiger partial charge in [-0.1, -0.05) is 6.07 Å². The lowest BCUT2D eigenvalue weighted by molar-refractivity contribution is 0.102. The second kappa shape index (κ2) is 7.46. The van der Waals surface area contributed by atoms with Crippen LogP contribution in [0.3, 0.4) is 0 Å². The van der Waals surface area contributed by atoms with E-state index in [-0.39, 0.29) is 5.91 Å². The van der Waals surface area contributed by atoms with Gasteiger partial charge in [0.25, 0.3) is 5.91 Å². The van der Waals surface area contributed by atoms with Gasteiger partial charge in [0, 0.05) is 31.7 Å². The smallest absolute Gasteiger partial charge is 0.255 e. The molecule has 2 aliphatic rings. The van der Waals surface area contributed by atoms with E-state index in [9.17, 15) is 4.79 Å². The molecule has 0 radical (unpaired) electrons. The highest BCUT2D eigenvalue weighted by molar-refractivity contribution is 6.04. The van der Waals surface area contributed by atoms with Crippen molar-refractivity contribution in [2.45, 2.75) is 25.7 Å². The largest absolute Gasteiger partial charge is 0.354 e. The molecule has 1 fully saturated rings. The van der Waals surface area contributed by atoms with E-state index >= 15 is 0 Å². The lowest BCUT2D eigenvalue weighted by Crippen LogP contribution is -2.44. The molecule has 0 atom stereocenters. The van der Waals surface area contributed by atoms with Gasteiger partial charge in [0.2, 0.25) is 0 Å². The third-order valence-electron chi connectivity index (χ3n) is 5.44. The summed E-state index contributed by atoms with van der Waals surface area (Å²) in [5.74, 6) is 0.914. The zero-order valence-electron chi connectivity index (χ0n) is 15.4. The number of hydrogen-bond acceptors (Lipinski definition) is 4. The predicted molar refractivity (Wildman–Crippen MR) is 105 cm³/mol. The number of benzene rings is 1. The van der Waals surface area contributed by atoms with Crippen LogP contribution in [0.5, 0.6) is 0 Å². The van der Waals surface area contributed by atoms with Gasteiger partial charge in [-0.15, -0.1) is 0 Å². The van der Waals surface area contributed by atoms with E-state index in [4.69, 9.17) is 0 Å². The molecule has 0 unspecified atom stereocenters. The van der Waals surface area contributed by atoms with Gasteiger partial charge in [-0.2, -0.15) is 0 Å². The molecule has 0 spiro atoms. The fourth-order valence-electron chi connectivity index (χ4n) is 3.76. The SMILES string of the molecule is CN1CCN(c2ccc(NC(=O)c3ccc4c(c3)CCCC4)cn2)CC1. The van der Waals surface area contributed by atoms with Crippen LogP contribution in [-0.2, 0) is 12.8 Å². The third-order valence-corrected chi connectivity index (χ3v) is 5.44. The molecule has 136 valence electrons. The molecule has 5 nitrogen and oxygen atoms in total. The predicted octanol–water partition coefficient (Wildman–Crippen LogP) is 2.96. The number of carbonyl (C=O) groups is 1. The molecule has 1 amide bonds. The summed E-state index contributed by atoms with van der Waals surface area (Å²) < 4.78 is 0. The van der Waals surface area contributed by atoms with Crippen molar-refractivity contribution in [3.63, 3.8) is 0 Å². The first-order valence-corrected chi connectivity index (χ1v) is 9.52. The van der Waals surface area contributed by atoms with Crippen molar-refractivity contribution in [3.8, 4) is 0 Å². The van der Waals surface area contributed by atoms with E-state index in [1.54, 1.807) is 6.20 Å². The van der Waals surface area contributed by atoms with Gasteiger partial charge in [0.05, 0.1) is 11.9 Å². The van der Waals surface area contributed by atoms with Gasteiger partial charge in [-0.25, -0.2) is 4.98 Å². The van der Waals surface area contributed by atoms with E-state index in [0.717, 1.165) is 56.1 Å². The lowest BCUT2D eigenvalue weighted by atomic mass is 9.90. The van der Waals surface area contributed by atoms with E-state index in [2.05, 4.69) is 39.3 Å². The first-order valence-electron chi connectivity index (χ1n) is 9.52. The van der Waals surface area contributed by atoms with Gasteiger partial charge in [-0.3, -0.25) is 4.79 Å². The van der Waals surface area contributed by atoms with Crippen LogP contribution in [0.4, 0.5) is 11.5 Å². The number of pyridine rings is 1. The summed E-state index contributed by atoms with van der Waals surface area (Å²) in [6, 6.07) is 10.0. The number of piperazine rings is 1. The summed E-state index contributed by atoms with van der Waals surface area (Å²) in [5.41, 5.74) is 4.19. The fraction of sp³-hybridized carbons (Fsp3) is 0.429. The van der Waals surface area contributed by atoms with Crippen LogP contribution >= 0.6 is 0 Å². The summed E-state index contributed by atoms with van der Waals surface area (Å²) in [4.78, 5) is 21.7. The first-order chi connectivity index (χ1) is 12.7. The minimum atomic E-state index is -0.0625. The maximum Gasteiger partial charge on any atom is 0.255 e. The second-order valence-electron chi connectivity index (χ2n) is 7.34. The Morgan fingerprint density at radius 1 is 1.00 bits per heavy atom. The maximum atomic E-state index is 12.6. The molecule has 1 aliphatic heterocycles. The molecule has 26 heavy (non-hydrogen) atoms. The molecule has 5 heteroatoms. The molecule has 1 aromatic carbocycles. The molecule has 2 heterocycles. The standard InChI is InChI=1S/C21H26N4O/c1-24-10-12-25(13-11-24)20-9-8-19(15-22-20)23-21(26)18-7-6-16-4-2-3-5-17(16)14-18/h6-9,14-15H,2-5,10-13H2,1H3,(H,23,26). The number of anilines is 2. The summed E-state index contributed by atoms with van der Waals surface area (Å²) in [7, 11) is 2.14. The van der Waals surface area contributed by atoms with Crippen molar-refractivity contribution in [2.24, 2.45) is 0 Å². The number of nitrogens with one attached hydrogen (secondary N) is 1. The molecular weight excluding hydrogens is 324 g/mol. The molecule has 4 rings (SSSR count). The van der Waals surface area contributed by atoms with Crippen LogP contribution in [0.1, 0.15) is 34.3 Å². The highest BCUT2D eigenvalue weighted by Crippen LogP contribution is 2.23. The summed E-state index contributed by atoms with van der Waals surface area (Å²) in [5, 5.41) is 2.97. The number of hydrogen-bond donors (Lipinski definition) is 1. The fourth-order valence-corrected chi connectivity index (χ4v) is 3.76. The Hall–Kier alpha value is -2.40. The van der Waals surface area contributed by atoms with Gasteiger partial charge < -0.3 is 15.1 Å². The van der Waals surface area contributed by atoms with Crippen molar-refractivity contribution >= 4 is 17.4 Å². The van der Waals surface area contributed by atoms with Gasteiger partial charge in [0.15, 0.2) is 0 Å². The van der Waals surface area contributed by atoms with Crippen molar-refractivity contribution < 1.29 is 4.79 Å². The average molecular weight is 350 g/mol. The number of fused-ring (bicyclic) bond motifs is 1. The van der Waals surface area contributed by atoms with Crippen molar-refractivity contribution in [2.75, 3.05) is 43.4 Å². The highest BCUT2D eigenvalue weighted by atomic mass is 16.1. The summed E-state index contributed by atoms with van der Waals surface area (Å²) in [6.07, 6.45) is 6.44. The maximum absolute atomic E-state index is 12.6. The van der Waals surface area contributed by atoms with Crippen molar-refractivity contribution in [1.82, 2.24) is 9.88 Å². The van der Waals surface area contributed by atoms with Crippen LogP contribution in [0.15, 0.2) is 36.5 Å². The number of amides is 1. The van der Waals surface area contributed by atoms with E-state index in [1.165, 1.54) is 24.0 Å². The molecule has 1 aromatic heterocycles. The topological polar surface area (TPSA) is 48.5 Å². The number of rotatable bonds is 3. The molecular formula is C21H26N4O. The Labute approximate surface area is 155 Å². The summed E-state index contributed by atoms with van der Waals surface area (Å²) >= 11 is 0. The molecule has 0 bridgehead atoms. The zero-order chi connectivity index (χ0) is 17.9. The average Bonchev–Trinajstić information content (AvgIpc) is 2.69. The monoisotopic (exact) mass is 350 g/mol. The van der Waals surface area contributed by atoms with Crippen LogP contribution in [-0.4, -0.2) is 49.0 Å². The van der Waals surface area contributed by atoms with Crippen LogP contribution < -0.4 is 10.2 Å². The Balaban J connectivity index is 1.41. The Morgan fingerprint density at radius 3 is 2.50 bits per heavy atom. The summed E-state index contributed by atoms with van der Waals surface area (Å²) in [6.45, 7) is 4.09. The minimum absolute atomic E-state index is 0.0625. The van der Waals surface area contributed by atoms with E-state index in [1.807, 2.05) is 18.2 Å². The van der Waals surface area contributed by atoms with E-state index in [0.29, 0.717) is 0 Å². The number of aryl methyl sites for hydroxylation is 2.